The molecule has 1 N–H and O–H groups in total. The van der Waals surface area contributed by atoms with Crippen molar-refractivity contribution in [2.75, 3.05) is 5.32 Å². The molecule has 34 heavy (non-hydrogen) atoms. The molecule has 2 amide bonds. The maximum absolute atomic E-state index is 13.6. The third kappa shape index (κ3) is 3.97. The molecule has 0 radical (unpaired) electrons. The molecule has 178 valence electrons. The number of carbonyl (C=O) groups is 1. The lowest BCUT2D eigenvalue weighted by Gasteiger charge is -2.63. The Balaban J connectivity index is 1.43. The van der Waals surface area contributed by atoms with Crippen LogP contribution in [-0.2, 0) is 12.7 Å². The van der Waals surface area contributed by atoms with Gasteiger partial charge < -0.3 is 10.2 Å². The Morgan fingerprint density at radius 3 is 2.68 bits per heavy atom. The minimum absolute atomic E-state index is 0.0432. The largest absolute Gasteiger partial charge is 0.417 e. The zero-order valence-electron chi connectivity index (χ0n) is 18.1. The van der Waals surface area contributed by atoms with Gasteiger partial charge in [-0.25, -0.2) is 19.2 Å². The predicted molar refractivity (Wildman–Crippen MR) is 113 cm³/mol. The van der Waals surface area contributed by atoms with Gasteiger partial charge in [0.25, 0.3) is 0 Å². The molecule has 1 aliphatic carbocycles. The molecule has 2 aromatic heterocycles. The van der Waals surface area contributed by atoms with E-state index in [1.165, 1.54) is 6.07 Å². The SMILES string of the molecule is C[C@H]1C[C@H]2C[C@@](Cn3ccnn3)(C1)N2C(=O)Nc1ccc(C(F)(F)F)c(-c2ncc(F)cn2)c1. The summed E-state index contributed by atoms with van der Waals surface area (Å²) in [4.78, 5) is 22.4. The van der Waals surface area contributed by atoms with Crippen molar-refractivity contribution in [2.45, 2.75) is 50.5 Å². The lowest BCUT2D eigenvalue weighted by molar-refractivity contribution is -0.137. The third-order valence-corrected chi connectivity index (χ3v) is 6.48. The Bertz CT molecular complexity index is 1200. The first-order chi connectivity index (χ1) is 16.1. The molecule has 0 spiro atoms. The van der Waals surface area contributed by atoms with Crippen LogP contribution in [0, 0.1) is 11.7 Å². The number of aromatic nitrogens is 5. The zero-order chi connectivity index (χ0) is 24.1. The fourth-order valence-electron chi connectivity index (χ4n) is 5.36. The van der Waals surface area contributed by atoms with Gasteiger partial charge >= 0.3 is 12.2 Å². The molecule has 2 aliphatic heterocycles. The minimum Gasteiger partial charge on any atom is -0.314 e. The highest BCUT2D eigenvalue weighted by Crippen LogP contribution is 2.50. The summed E-state index contributed by atoms with van der Waals surface area (Å²) >= 11 is 0. The Hall–Kier alpha value is -3.57. The van der Waals surface area contributed by atoms with E-state index in [-0.39, 0.29) is 23.1 Å². The van der Waals surface area contributed by atoms with Gasteiger partial charge in [0.15, 0.2) is 11.6 Å². The van der Waals surface area contributed by atoms with Crippen LogP contribution in [0.1, 0.15) is 31.7 Å². The quantitative estimate of drug-likeness (QED) is 0.567. The normalized spacial score (nSPS) is 24.0. The van der Waals surface area contributed by atoms with Crippen LogP contribution in [0.3, 0.4) is 0 Å². The van der Waals surface area contributed by atoms with Gasteiger partial charge in [0, 0.05) is 23.5 Å². The van der Waals surface area contributed by atoms with Gasteiger partial charge in [-0.3, -0.25) is 4.68 Å². The summed E-state index contributed by atoms with van der Waals surface area (Å²) < 4.78 is 55.7. The highest BCUT2D eigenvalue weighted by Gasteiger charge is 2.58. The first kappa shape index (κ1) is 22.2. The van der Waals surface area contributed by atoms with Crippen molar-refractivity contribution in [2.24, 2.45) is 5.92 Å². The van der Waals surface area contributed by atoms with E-state index < -0.39 is 29.1 Å². The highest BCUT2D eigenvalue weighted by atomic mass is 19.4. The van der Waals surface area contributed by atoms with Crippen molar-refractivity contribution in [1.29, 1.82) is 0 Å². The lowest BCUT2D eigenvalue weighted by atomic mass is 9.64. The van der Waals surface area contributed by atoms with Gasteiger partial charge in [-0.1, -0.05) is 12.1 Å². The molecule has 3 fully saturated rings. The monoisotopic (exact) mass is 475 g/mol. The second-order valence-electron chi connectivity index (χ2n) is 9.01. The number of nitrogens with zero attached hydrogens (tertiary/aromatic N) is 6. The lowest BCUT2D eigenvalue weighted by Crippen LogP contribution is -2.73. The van der Waals surface area contributed by atoms with Gasteiger partial charge in [-0.2, -0.15) is 13.2 Å². The van der Waals surface area contributed by atoms with Crippen LogP contribution in [0.25, 0.3) is 11.4 Å². The maximum Gasteiger partial charge on any atom is 0.417 e. The number of rotatable bonds is 4. The van der Waals surface area contributed by atoms with E-state index in [1.54, 1.807) is 22.0 Å². The number of fused-ring (bicyclic) bond motifs is 2. The van der Waals surface area contributed by atoms with Crippen molar-refractivity contribution < 1.29 is 22.4 Å². The molecule has 1 aromatic carbocycles. The van der Waals surface area contributed by atoms with E-state index in [1.807, 2.05) is 0 Å². The van der Waals surface area contributed by atoms with Gasteiger partial charge in [0.2, 0.25) is 0 Å². The second kappa shape index (κ2) is 8.03. The number of benzene rings is 1. The summed E-state index contributed by atoms with van der Waals surface area (Å²) in [7, 11) is 0. The number of alkyl halides is 3. The summed E-state index contributed by atoms with van der Waals surface area (Å²) in [6.45, 7) is 2.63. The number of urea groups is 1. The second-order valence-corrected chi connectivity index (χ2v) is 9.01. The summed E-state index contributed by atoms with van der Waals surface area (Å²) in [5.74, 6) is -0.625. The van der Waals surface area contributed by atoms with Crippen LogP contribution in [-0.4, -0.2) is 47.5 Å². The number of hydrogen-bond acceptors (Lipinski definition) is 5. The average Bonchev–Trinajstić information content (AvgIpc) is 3.25. The molecular weight excluding hydrogens is 454 g/mol. The van der Waals surface area contributed by atoms with Crippen LogP contribution in [0.15, 0.2) is 43.0 Å². The molecule has 2 saturated heterocycles. The standard InChI is InChI=1S/C22H21F4N7O/c1-13-6-16-9-21(8-13,12-32-5-4-29-31-32)33(16)20(34)30-15-2-3-18(22(24,25)26)17(7-15)19-27-10-14(23)11-28-19/h2-5,7,10-11,13,16H,6,8-9,12H2,1H3,(H,30,34)/t13-,16-,21+/m0/s1. The molecule has 12 heteroatoms. The van der Waals surface area contributed by atoms with E-state index in [0.717, 1.165) is 43.8 Å². The van der Waals surface area contributed by atoms with Crippen LogP contribution in [0.2, 0.25) is 0 Å². The Morgan fingerprint density at radius 2 is 2.00 bits per heavy atom. The van der Waals surface area contributed by atoms with E-state index in [9.17, 15) is 22.4 Å². The Labute approximate surface area is 192 Å². The molecule has 6 rings (SSSR count). The van der Waals surface area contributed by atoms with E-state index in [4.69, 9.17) is 0 Å². The van der Waals surface area contributed by atoms with Crippen LogP contribution >= 0.6 is 0 Å². The van der Waals surface area contributed by atoms with Gasteiger partial charge in [0.05, 0.1) is 36.2 Å². The first-order valence-corrected chi connectivity index (χ1v) is 10.8. The summed E-state index contributed by atoms with van der Waals surface area (Å²) in [6, 6.07) is 2.87. The molecule has 1 saturated carbocycles. The fraction of sp³-hybridized carbons (Fsp3) is 0.409. The number of halogens is 4. The minimum atomic E-state index is -4.68. The fourth-order valence-corrected chi connectivity index (χ4v) is 5.36. The number of hydrogen-bond donors (Lipinski definition) is 1. The van der Waals surface area contributed by atoms with Crippen LogP contribution < -0.4 is 5.32 Å². The molecule has 4 heterocycles. The summed E-state index contributed by atoms with van der Waals surface area (Å²) in [5, 5.41) is 10.6. The smallest absolute Gasteiger partial charge is 0.314 e. The van der Waals surface area contributed by atoms with Crippen molar-refractivity contribution in [3.8, 4) is 11.4 Å². The van der Waals surface area contributed by atoms with Crippen molar-refractivity contribution in [3.63, 3.8) is 0 Å². The van der Waals surface area contributed by atoms with Crippen molar-refractivity contribution >= 4 is 11.7 Å². The van der Waals surface area contributed by atoms with Gasteiger partial charge in [-0.15, -0.1) is 5.10 Å². The topological polar surface area (TPSA) is 88.8 Å². The number of nitrogens with one attached hydrogen (secondary N) is 1. The maximum atomic E-state index is 13.6. The van der Waals surface area contributed by atoms with E-state index in [2.05, 4.69) is 32.5 Å². The van der Waals surface area contributed by atoms with E-state index in [0.29, 0.717) is 12.5 Å². The van der Waals surface area contributed by atoms with Crippen molar-refractivity contribution in [1.82, 2.24) is 29.9 Å². The number of carbonyl (C=O) groups excluding carboxylic acids is 1. The number of amides is 2. The molecule has 8 nitrogen and oxygen atoms in total. The predicted octanol–water partition coefficient (Wildman–Crippen LogP) is 4.37. The molecular formula is C22H21F4N7O. The average molecular weight is 475 g/mol. The molecule has 3 aliphatic rings. The van der Waals surface area contributed by atoms with Crippen LogP contribution in [0.5, 0.6) is 0 Å². The molecule has 2 bridgehead atoms. The molecule has 0 unspecified atom stereocenters. The van der Waals surface area contributed by atoms with Crippen LogP contribution in [0.4, 0.5) is 28.0 Å². The van der Waals surface area contributed by atoms with Gasteiger partial charge in [-0.05, 0) is 43.4 Å². The zero-order valence-corrected chi connectivity index (χ0v) is 18.1. The van der Waals surface area contributed by atoms with Gasteiger partial charge in [0.1, 0.15) is 0 Å². The summed E-state index contributed by atoms with van der Waals surface area (Å²) in [5.41, 5.74) is -1.60. The Kier molecular flexibility index (Phi) is 5.25. The van der Waals surface area contributed by atoms with E-state index >= 15 is 0 Å². The number of anilines is 1. The summed E-state index contributed by atoms with van der Waals surface area (Å²) in [6.07, 6.45) is 2.70. The third-order valence-electron chi connectivity index (χ3n) is 6.48. The molecule has 3 atom stereocenters. The molecule has 3 aromatic rings. The highest BCUT2D eigenvalue weighted by molar-refractivity contribution is 5.92. The number of piperidine rings is 1. The Morgan fingerprint density at radius 1 is 1.24 bits per heavy atom. The van der Waals surface area contributed by atoms with Crippen molar-refractivity contribution in [3.05, 3.63) is 54.4 Å². The first-order valence-electron chi connectivity index (χ1n) is 10.8.